The van der Waals surface area contributed by atoms with Crippen LogP contribution in [0.25, 0.3) is 0 Å². The molecule has 1 rings (SSSR count). The molecule has 1 N–H and O–H groups in total. The molecule has 0 amide bonds. The van der Waals surface area contributed by atoms with Gasteiger partial charge in [0.2, 0.25) is 0 Å². The average molecular weight is 504 g/mol. The van der Waals surface area contributed by atoms with E-state index in [-0.39, 0.29) is 12.4 Å². The van der Waals surface area contributed by atoms with Crippen LogP contribution in [0.1, 0.15) is 68.9 Å². The number of rotatable bonds is 16. The topological polar surface area (TPSA) is 72.8 Å². The zero-order chi connectivity index (χ0) is 20.6. The molecular weight excluding hydrogens is 471 g/mol. The SMILES string of the molecule is COC(=O)CCCCCOc1cccc(CCCCCCI)c1CCC(=O)O. The van der Waals surface area contributed by atoms with Crippen molar-refractivity contribution < 1.29 is 24.2 Å². The van der Waals surface area contributed by atoms with Crippen molar-refractivity contribution in [3.63, 3.8) is 0 Å². The summed E-state index contributed by atoms with van der Waals surface area (Å²) in [6, 6.07) is 6.03. The van der Waals surface area contributed by atoms with Gasteiger partial charge in [-0.1, -0.05) is 47.6 Å². The van der Waals surface area contributed by atoms with Gasteiger partial charge in [0.25, 0.3) is 0 Å². The number of aryl methyl sites for hydroxylation is 1. The monoisotopic (exact) mass is 504 g/mol. The summed E-state index contributed by atoms with van der Waals surface area (Å²) in [5.41, 5.74) is 2.24. The van der Waals surface area contributed by atoms with Crippen LogP contribution in [-0.2, 0) is 27.2 Å². The molecule has 1 aromatic rings. The molecule has 0 aliphatic carbocycles. The van der Waals surface area contributed by atoms with Crippen LogP contribution in [-0.4, -0.2) is 35.2 Å². The fourth-order valence-corrected chi connectivity index (χ4v) is 3.63. The van der Waals surface area contributed by atoms with E-state index in [9.17, 15) is 9.59 Å². The van der Waals surface area contributed by atoms with Crippen molar-refractivity contribution in [1.82, 2.24) is 0 Å². The maximum absolute atomic E-state index is 11.1. The maximum Gasteiger partial charge on any atom is 0.305 e. The van der Waals surface area contributed by atoms with Gasteiger partial charge >= 0.3 is 11.9 Å². The van der Waals surface area contributed by atoms with Gasteiger partial charge in [-0.15, -0.1) is 0 Å². The minimum absolute atomic E-state index is 0.112. The van der Waals surface area contributed by atoms with Crippen LogP contribution in [0.3, 0.4) is 0 Å². The zero-order valence-corrected chi connectivity index (χ0v) is 19.0. The normalized spacial score (nSPS) is 10.6. The van der Waals surface area contributed by atoms with Crippen molar-refractivity contribution >= 4 is 34.5 Å². The molecule has 0 bridgehead atoms. The van der Waals surface area contributed by atoms with Crippen LogP contribution in [0.15, 0.2) is 18.2 Å². The predicted octanol–water partition coefficient (Wildman–Crippen LogP) is 5.35. The molecule has 0 aromatic heterocycles. The third kappa shape index (κ3) is 10.9. The molecule has 0 aliphatic rings. The number of benzene rings is 1. The van der Waals surface area contributed by atoms with Gasteiger partial charge in [0.1, 0.15) is 5.75 Å². The van der Waals surface area contributed by atoms with E-state index in [1.54, 1.807) is 0 Å². The summed E-state index contributed by atoms with van der Waals surface area (Å²) in [5.74, 6) is -0.160. The molecule has 0 heterocycles. The number of unbranched alkanes of at least 4 members (excludes halogenated alkanes) is 5. The lowest BCUT2D eigenvalue weighted by Crippen LogP contribution is -2.06. The fraction of sp³-hybridized carbons (Fsp3) is 0.636. The molecule has 0 saturated carbocycles. The van der Waals surface area contributed by atoms with Crippen molar-refractivity contribution in [2.75, 3.05) is 18.1 Å². The number of carboxylic acid groups (broad SMARTS) is 1. The summed E-state index contributed by atoms with van der Waals surface area (Å²) >= 11 is 2.41. The number of methoxy groups -OCH3 is 1. The molecule has 0 aliphatic heterocycles. The molecule has 5 nitrogen and oxygen atoms in total. The molecule has 28 heavy (non-hydrogen) atoms. The minimum Gasteiger partial charge on any atom is -0.493 e. The molecule has 0 atom stereocenters. The van der Waals surface area contributed by atoms with Crippen LogP contribution in [0.5, 0.6) is 5.75 Å². The second kappa shape index (κ2) is 15.6. The van der Waals surface area contributed by atoms with Gasteiger partial charge in [0.15, 0.2) is 0 Å². The quantitative estimate of drug-likeness (QED) is 0.142. The Bertz CT molecular complexity index is 588. The lowest BCUT2D eigenvalue weighted by Gasteiger charge is -2.15. The molecule has 0 radical (unpaired) electrons. The third-order valence-corrected chi connectivity index (χ3v) is 5.42. The fourth-order valence-electron chi connectivity index (χ4n) is 3.09. The number of hydrogen-bond donors (Lipinski definition) is 1. The van der Waals surface area contributed by atoms with E-state index in [0.29, 0.717) is 19.4 Å². The number of alkyl halides is 1. The number of aliphatic carboxylic acids is 1. The second-order valence-corrected chi connectivity index (χ2v) is 7.95. The smallest absolute Gasteiger partial charge is 0.305 e. The summed E-state index contributed by atoms with van der Waals surface area (Å²) in [5, 5.41) is 9.09. The molecule has 0 unspecified atom stereocenters. The number of carboxylic acids is 1. The van der Waals surface area contributed by atoms with E-state index >= 15 is 0 Å². The van der Waals surface area contributed by atoms with E-state index in [1.165, 1.54) is 36.4 Å². The van der Waals surface area contributed by atoms with Gasteiger partial charge in [0, 0.05) is 12.8 Å². The molecular formula is C22H33IO5. The first kappa shape index (κ1) is 24.7. The summed E-state index contributed by atoms with van der Waals surface area (Å²) < 4.78 is 11.8. The highest BCUT2D eigenvalue weighted by atomic mass is 127. The van der Waals surface area contributed by atoms with Crippen LogP contribution in [0.4, 0.5) is 0 Å². The number of halogens is 1. The number of ether oxygens (including phenoxy) is 2. The molecule has 0 saturated heterocycles. The van der Waals surface area contributed by atoms with Crippen molar-refractivity contribution in [2.45, 2.75) is 70.6 Å². The van der Waals surface area contributed by atoms with Crippen molar-refractivity contribution in [3.8, 4) is 5.75 Å². The first-order valence-electron chi connectivity index (χ1n) is 10.2. The first-order chi connectivity index (χ1) is 13.6. The largest absolute Gasteiger partial charge is 0.493 e. The number of carbonyl (C=O) groups is 2. The second-order valence-electron chi connectivity index (χ2n) is 6.88. The highest BCUT2D eigenvalue weighted by Gasteiger charge is 2.12. The minimum atomic E-state index is -0.786. The highest BCUT2D eigenvalue weighted by molar-refractivity contribution is 14.1. The Morgan fingerprint density at radius 2 is 1.71 bits per heavy atom. The third-order valence-electron chi connectivity index (χ3n) is 4.66. The molecule has 0 fully saturated rings. The molecule has 6 heteroatoms. The van der Waals surface area contributed by atoms with Crippen LogP contribution in [0, 0.1) is 0 Å². The maximum atomic E-state index is 11.1. The Morgan fingerprint density at radius 3 is 2.43 bits per heavy atom. The van der Waals surface area contributed by atoms with Crippen molar-refractivity contribution in [3.05, 3.63) is 29.3 Å². The Hall–Kier alpha value is -1.31. The zero-order valence-electron chi connectivity index (χ0n) is 16.9. The Kier molecular flexibility index (Phi) is 13.8. The van der Waals surface area contributed by atoms with E-state index in [2.05, 4.69) is 33.4 Å². The molecule has 158 valence electrons. The molecule has 1 aromatic carbocycles. The first-order valence-corrected chi connectivity index (χ1v) is 11.7. The van der Waals surface area contributed by atoms with Gasteiger partial charge in [-0.3, -0.25) is 9.59 Å². The van der Waals surface area contributed by atoms with Crippen molar-refractivity contribution in [2.24, 2.45) is 0 Å². The average Bonchev–Trinajstić information content (AvgIpc) is 2.69. The van der Waals surface area contributed by atoms with Gasteiger partial charge in [-0.05, 0) is 66.6 Å². The number of esters is 1. The summed E-state index contributed by atoms with van der Waals surface area (Å²) in [4.78, 5) is 22.2. The predicted molar refractivity (Wildman–Crippen MR) is 119 cm³/mol. The Labute approximate surface area is 182 Å². The van der Waals surface area contributed by atoms with E-state index in [0.717, 1.165) is 43.4 Å². The van der Waals surface area contributed by atoms with Gasteiger partial charge in [-0.25, -0.2) is 0 Å². The molecule has 0 spiro atoms. The summed E-state index contributed by atoms with van der Waals surface area (Å²) in [6.45, 7) is 0.570. The van der Waals surface area contributed by atoms with Gasteiger partial charge in [0.05, 0.1) is 13.7 Å². The van der Waals surface area contributed by atoms with Crippen molar-refractivity contribution in [1.29, 1.82) is 0 Å². The lowest BCUT2D eigenvalue weighted by atomic mass is 9.97. The van der Waals surface area contributed by atoms with E-state index < -0.39 is 5.97 Å². The van der Waals surface area contributed by atoms with Gasteiger partial charge in [-0.2, -0.15) is 0 Å². The van der Waals surface area contributed by atoms with Crippen LogP contribution < -0.4 is 4.74 Å². The van der Waals surface area contributed by atoms with Crippen LogP contribution in [0.2, 0.25) is 0 Å². The Morgan fingerprint density at radius 1 is 0.964 bits per heavy atom. The number of hydrogen-bond acceptors (Lipinski definition) is 4. The Balaban J connectivity index is 2.57. The van der Waals surface area contributed by atoms with Crippen LogP contribution >= 0.6 is 22.6 Å². The van der Waals surface area contributed by atoms with Gasteiger partial charge < -0.3 is 14.6 Å². The van der Waals surface area contributed by atoms with E-state index in [4.69, 9.17) is 9.84 Å². The number of carbonyl (C=O) groups excluding carboxylic acids is 1. The summed E-state index contributed by atoms with van der Waals surface area (Å²) in [7, 11) is 1.40. The lowest BCUT2D eigenvalue weighted by molar-refractivity contribution is -0.141. The van der Waals surface area contributed by atoms with E-state index in [1.807, 2.05) is 12.1 Å². The summed E-state index contributed by atoms with van der Waals surface area (Å²) in [6.07, 6.45) is 9.38. The highest BCUT2D eigenvalue weighted by Crippen LogP contribution is 2.26. The standard InChI is InChI=1S/C22H33IO5/c1-27-22(26)13-6-4-8-17-28-20-12-9-11-18(10-5-2-3-7-16-23)19(20)14-15-21(24)25/h9,11-12H,2-8,10,13-17H2,1H3,(H,24,25).